The number of carbonyl (C=O) groups is 1. The highest BCUT2D eigenvalue weighted by Gasteiger charge is 2.13. The van der Waals surface area contributed by atoms with E-state index < -0.39 is 12.0 Å². The zero-order valence-electron chi connectivity index (χ0n) is 7.47. The summed E-state index contributed by atoms with van der Waals surface area (Å²) in [6.07, 6.45) is 3.19. The van der Waals surface area contributed by atoms with E-state index in [1.54, 1.807) is 12.5 Å². The molecular weight excluding hydrogens is 170 g/mol. The normalized spacial score (nSPS) is 12.8. The predicted molar refractivity (Wildman–Crippen MR) is 47.1 cm³/mol. The van der Waals surface area contributed by atoms with Crippen LogP contribution in [0.15, 0.2) is 12.5 Å². The summed E-state index contributed by atoms with van der Waals surface area (Å²) in [5, 5.41) is 8.54. The van der Waals surface area contributed by atoms with Crippen LogP contribution < -0.4 is 5.73 Å². The van der Waals surface area contributed by atoms with E-state index in [4.69, 9.17) is 10.8 Å². The van der Waals surface area contributed by atoms with Crippen molar-refractivity contribution in [2.24, 2.45) is 5.73 Å². The minimum absolute atomic E-state index is 0.0638. The van der Waals surface area contributed by atoms with Crippen molar-refractivity contribution in [3.05, 3.63) is 18.2 Å². The lowest BCUT2D eigenvalue weighted by Crippen LogP contribution is -2.18. The van der Waals surface area contributed by atoms with Crippen LogP contribution in [0.1, 0.15) is 25.1 Å². The van der Waals surface area contributed by atoms with E-state index in [1.807, 2.05) is 11.5 Å². The summed E-state index contributed by atoms with van der Waals surface area (Å²) in [5.41, 5.74) is 6.44. The Bertz CT molecular complexity index is 295. The summed E-state index contributed by atoms with van der Waals surface area (Å²) < 4.78 is 1.84. The molecule has 0 aromatic carbocycles. The summed E-state index contributed by atoms with van der Waals surface area (Å²) in [6.45, 7) is 2.71. The molecule has 72 valence electrons. The second-order valence-corrected chi connectivity index (χ2v) is 2.81. The molecule has 0 fully saturated rings. The van der Waals surface area contributed by atoms with E-state index in [0.29, 0.717) is 0 Å². The van der Waals surface area contributed by atoms with Crippen LogP contribution in [-0.2, 0) is 11.3 Å². The van der Waals surface area contributed by atoms with Gasteiger partial charge >= 0.3 is 5.97 Å². The van der Waals surface area contributed by atoms with Crippen LogP contribution in [0.4, 0.5) is 0 Å². The molecule has 0 saturated heterocycles. The summed E-state index contributed by atoms with van der Waals surface area (Å²) in [6, 6.07) is -0.472. The third-order valence-electron chi connectivity index (χ3n) is 1.86. The molecule has 0 unspecified atom stereocenters. The van der Waals surface area contributed by atoms with Gasteiger partial charge in [0.05, 0.1) is 24.5 Å². The first kappa shape index (κ1) is 9.73. The van der Waals surface area contributed by atoms with Gasteiger partial charge in [0.25, 0.3) is 0 Å². The summed E-state index contributed by atoms with van der Waals surface area (Å²) in [5.74, 6) is -0.892. The standard InChI is InChI=1S/C8H13N3O2/c1-2-11-5-10-4-7(11)6(9)3-8(12)13/h4-6H,2-3,9H2,1H3,(H,12,13)/t6-/m1/s1. The topological polar surface area (TPSA) is 81.1 Å². The van der Waals surface area contributed by atoms with Gasteiger partial charge in [-0.05, 0) is 6.92 Å². The van der Waals surface area contributed by atoms with Crippen LogP contribution in [0.2, 0.25) is 0 Å². The quantitative estimate of drug-likeness (QED) is 0.707. The molecule has 1 aromatic heterocycles. The van der Waals surface area contributed by atoms with Gasteiger partial charge < -0.3 is 15.4 Å². The molecule has 5 nitrogen and oxygen atoms in total. The Hall–Kier alpha value is -1.36. The summed E-state index contributed by atoms with van der Waals surface area (Å²) >= 11 is 0. The second kappa shape index (κ2) is 4.04. The number of rotatable bonds is 4. The zero-order valence-corrected chi connectivity index (χ0v) is 7.47. The largest absolute Gasteiger partial charge is 0.481 e. The van der Waals surface area contributed by atoms with Gasteiger partial charge in [0.15, 0.2) is 0 Å². The maximum Gasteiger partial charge on any atom is 0.305 e. The molecule has 5 heteroatoms. The zero-order chi connectivity index (χ0) is 9.84. The first-order chi connectivity index (χ1) is 6.15. The SMILES string of the molecule is CCn1cncc1[C@H](N)CC(=O)O. The molecule has 13 heavy (non-hydrogen) atoms. The van der Waals surface area contributed by atoms with Gasteiger partial charge in [-0.2, -0.15) is 0 Å². The number of aryl methyl sites for hydroxylation is 1. The molecule has 0 aliphatic rings. The molecule has 0 amide bonds. The molecular formula is C8H13N3O2. The Kier molecular flexibility index (Phi) is 3.02. The number of aliphatic carboxylic acids is 1. The van der Waals surface area contributed by atoms with Crippen molar-refractivity contribution in [3.63, 3.8) is 0 Å². The minimum atomic E-state index is -0.892. The van der Waals surface area contributed by atoms with E-state index in [1.165, 1.54) is 0 Å². The van der Waals surface area contributed by atoms with Crippen LogP contribution in [0.25, 0.3) is 0 Å². The fraction of sp³-hybridized carbons (Fsp3) is 0.500. The molecule has 3 N–H and O–H groups in total. The van der Waals surface area contributed by atoms with Crippen molar-refractivity contribution in [2.75, 3.05) is 0 Å². The average Bonchev–Trinajstić information content (AvgIpc) is 2.49. The molecule has 1 atom stereocenters. The highest BCUT2D eigenvalue weighted by atomic mass is 16.4. The van der Waals surface area contributed by atoms with Crippen LogP contribution in [-0.4, -0.2) is 20.6 Å². The van der Waals surface area contributed by atoms with Crippen molar-refractivity contribution in [3.8, 4) is 0 Å². The number of imidazole rings is 1. The first-order valence-electron chi connectivity index (χ1n) is 4.12. The Labute approximate surface area is 76.2 Å². The van der Waals surface area contributed by atoms with Gasteiger partial charge in [-0.1, -0.05) is 0 Å². The van der Waals surface area contributed by atoms with Crippen molar-refractivity contribution in [2.45, 2.75) is 25.9 Å². The van der Waals surface area contributed by atoms with Gasteiger partial charge in [0.1, 0.15) is 0 Å². The van der Waals surface area contributed by atoms with Crippen molar-refractivity contribution in [1.82, 2.24) is 9.55 Å². The number of nitrogens with zero attached hydrogens (tertiary/aromatic N) is 2. The molecule has 0 bridgehead atoms. The number of hydrogen-bond donors (Lipinski definition) is 2. The Morgan fingerprint density at radius 3 is 3.08 bits per heavy atom. The molecule has 1 aromatic rings. The van der Waals surface area contributed by atoms with Crippen LogP contribution >= 0.6 is 0 Å². The molecule has 0 spiro atoms. The first-order valence-corrected chi connectivity index (χ1v) is 4.12. The molecule has 0 aliphatic carbocycles. The summed E-state index contributed by atoms with van der Waals surface area (Å²) in [7, 11) is 0. The summed E-state index contributed by atoms with van der Waals surface area (Å²) in [4.78, 5) is 14.3. The number of aromatic nitrogens is 2. The Morgan fingerprint density at radius 1 is 1.85 bits per heavy atom. The second-order valence-electron chi connectivity index (χ2n) is 2.81. The molecule has 0 saturated carbocycles. The number of carboxylic acids is 1. The van der Waals surface area contributed by atoms with Crippen molar-refractivity contribution in [1.29, 1.82) is 0 Å². The number of hydrogen-bond acceptors (Lipinski definition) is 3. The Balaban J connectivity index is 2.75. The smallest absolute Gasteiger partial charge is 0.305 e. The van der Waals surface area contributed by atoms with Gasteiger partial charge in [-0.25, -0.2) is 4.98 Å². The van der Waals surface area contributed by atoms with E-state index in [-0.39, 0.29) is 6.42 Å². The highest BCUT2D eigenvalue weighted by molar-refractivity contribution is 5.67. The van der Waals surface area contributed by atoms with Crippen LogP contribution in [0.5, 0.6) is 0 Å². The van der Waals surface area contributed by atoms with Crippen molar-refractivity contribution >= 4 is 5.97 Å². The monoisotopic (exact) mass is 183 g/mol. The lowest BCUT2D eigenvalue weighted by atomic mass is 10.1. The average molecular weight is 183 g/mol. The fourth-order valence-electron chi connectivity index (χ4n) is 1.20. The van der Waals surface area contributed by atoms with Gasteiger partial charge in [0.2, 0.25) is 0 Å². The van der Waals surface area contributed by atoms with E-state index in [2.05, 4.69) is 4.98 Å². The van der Waals surface area contributed by atoms with Gasteiger partial charge in [-0.3, -0.25) is 4.79 Å². The van der Waals surface area contributed by atoms with E-state index in [9.17, 15) is 4.79 Å². The maximum atomic E-state index is 10.4. The molecule has 1 rings (SSSR count). The number of nitrogens with two attached hydrogens (primary N) is 1. The maximum absolute atomic E-state index is 10.4. The lowest BCUT2D eigenvalue weighted by molar-refractivity contribution is -0.137. The minimum Gasteiger partial charge on any atom is -0.481 e. The number of carboxylic acid groups (broad SMARTS) is 1. The molecule has 0 aliphatic heterocycles. The van der Waals surface area contributed by atoms with Crippen molar-refractivity contribution < 1.29 is 9.90 Å². The fourth-order valence-corrected chi connectivity index (χ4v) is 1.20. The third kappa shape index (κ3) is 2.29. The van der Waals surface area contributed by atoms with E-state index in [0.717, 1.165) is 12.2 Å². The molecule has 1 heterocycles. The third-order valence-corrected chi connectivity index (χ3v) is 1.86. The lowest BCUT2D eigenvalue weighted by Gasteiger charge is -2.10. The van der Waals surface area contributed by atoms with Gasteiger partial charge in [-0.15, -0.1) is 0 Å². The predicted octanol–water partition coefficient (Wildman–Crippen LogP) is 0.378. The molecule has 0 radical (unpaired) electrons. The van der Waals surface area contributed by atoms with E-state index >= 15 is 0 Å². The van der Waals surface area contributed by atoms with Crippen LogP contribution in [0.3, 0.4) is 0 Å². The highest BCUT2D eigenvalue weighted by Crippen LogP contribution is 2.12. The van der Waals surface area contributed by atoms with Crippen LogP contribution in [0, 0.1) is 0 Å². The Morgan fingerprint density at radius 2 is 2.54 bits per heavy atom. The van der Waals surface area contributed by atoms with Gasteiger partial charge in [0, 0.05) is 12.7 Å².